The molecule has 1 unspecified atom stereocenters. The molecule has 0 saturated carbocycles. The molecule has 0 amide bonds. The minimum absolute atomic E-state index is 0.360. The van der Waals surface area contributed by atoms with Crippen LogP contribution in [0.3, 0.4) is 0 Å². The van der Waals surface area contributed by atoms with Crippen molar-refractivity contribution < 1.29 is 4.74 Å². The number of nitrogens with one attached hydrogen (secondary N) is 2. The Balaban J connectivity index is 1.57. The minimum Gasteiger partial charge on any atom is -0.384 e. The van der Waals surface area contributed by atoms with E-state index in [9.17, 15) is 0 Å². The highest BCUT2D eigenvalue weighted by Gasteiger charge is 2.13. The van der Waals surface area contributed by atoms with E-state index in [2.05, 4.69) is 25.5 Å². The number of anilines is 2. The Morgan fingerprint density at radius 1 is 1.43 bits per heavy atom. The van der Waals surface area contributed by atoms with Crippen LogP contribution in [0, 0.1) is 0 Å². The van der Waals surface area contributed by atoms with Gasteiger partial charge < -0.3 is 15.8 Å². The first-order chi connectivity index (χ1) is 10.3. The number of aromatic amines is 1. The van der Waals surface area contributed by atoms with E-state index in [4.69, 9.17) is 10.5 Å². The highest BCUT2D eigenvalue weighted by atomic mass is 16.5. The van der Waals surface area contributed by atoms with Gasteiger partial charge in [-0.05, 0) is 31.7 Å². The molecule has 3 rings (SSSR count). The molecule has 1 atom stereocenters. The third-order valence-electron chi connectivity index (χ3n) is 3.62. The van der Waals surface area contributed by atoms with Crippen LogP contribution in [0.4, 0.5) is 11.8 Å². The molecule has 2 aromatic rings. The predicted octanol–water partition coefficient (Wildman–Crippen LogP) is 1.82. The van der Waals surface area contributed by atoms with Gasteiger partial charge in [-0.15, -0.1) is 0 Å². The molecule has 0 spiro atoms. The molecule has 3 heterocycles. The van der Waals surface area contributed by atoms with Crippen molar-refractivity contribution in [3.63, 3.8) is 0 Å². The van der Waals surface area contributed by atoms with E-state index in [1.165, 1.54) is 12.8 Å². The lowest BCUT2D eigenvalue weighted by atomic mass is 10.1. The Hall–Kier alpha value is -2.15. The fourth-order valence-electron chi connectivity index (χ4n) is 2.47. The van der Waals surface area contributed by atoms with E-state index in [0.717, 1.165) is 37.3 Å². The maximum absolute atomic E-state index is 5.80. The maximum atomic E-state index is 5.80. The quantitative estimate of drug-likeness (QED) is 0.775. The van der Waals surface area contributed by atoms with Gasteiger partial charge in [0.25, 0.3) is 0 Å². The summed E-state index contributed by atoms with van der Waals surface area (Å²) in [4.78, 5) is 8.68. The fourth-order valence-corrected chi connectivity index (χ4v) is 2.47. The minimum atomic E-state index is 0.360. The van der Waals surface area contributed by atoms with E-state index in [1.54, 1.807) is 12.4 Å². The number of ether oxygens (including phenoxy) is 1. The molecule has 0 aliphatic carbocycles. The molecule has 0 aromatic carbocycles. The molecule has 1 aliphatic rings. The van der Waals surface area contributed by atoms with Crippen LogP contribution in [0.5, 0.6) is 0 Å². The second kappa shape index (κ2) is 6.53. The molecule has 0 radical (unpaired) electrons. The molecule has 4 N–H and O–H groups in total. The Labute approximate surface area is 123 Å². The monoisotopic (exact) mass is 288 g/mol. The van der Waals surface area contributed by atoms with Crippen molar-refractivity contribution in [3.05, 3.63) is 18.5 Å². The number of hydrogen-bond donors (Lipinski definition) is 3. The summed E-state index contributed by atoms with van der Waals surface area (Å²) in [6.45, 7) is 1.69. The van der Waals surface area contributed by atoms with Gasteiger partial charge in [0.15, 0.2) is 0 Å². The molecule has 7 heteroatoms. The van der Waals surface area contributed by atoms with Crippen molar-refractivity contribution in [2.75, 3.05) is 24.2 Å². The third-order valence-corrected chi connectivity index (χ3v) is 3.62. The topological polar surface area (TPSA) is 102 Å². The molecular formula is C14H20N6O. The third kappa shape index (κ3) is 3.49. The summed E-state index contributed by atoms with van der Waals surface area (Å²) in [6, 6.07) is 1.82. The molecule has 1 fully saturated rings. The van der Waals surface area contributed by atoms with Gasteiger partial charge >= 0.3 is 0 Å². The Kier molecular flexibility index (Phi) is 4.30. The number of aromatic nitrogens is 4. The SMILES string of the molecule is Nc1[nH]ncc1-c1ccnc(NCCC2CCCCO2)n1. The van der Waals surface area contributed by atoms with Gasteiger partial charge in [-0.3, -0.25) is 5.10 Å². The van der Waals surface area contributed by atoms with Crippen molar-refractivity contribution in [2.45, 2.75) is 31.8 Å². The van der Waals surface area contributed by atoms with Gasteiger partial charge in [0.1, 0.15) is 5.82 Å². The normalized spacial score (nSPS) is 18.6. The lowest BCUT2D eigenvalue weighted by molar-refractivity contribution is 0.0134. The van der Waals surface area contributed by atoms with Crippen LogP contribution in [-0.4, -0.2) is 39.4 Å². The smallest absolute Gasteiger partial charge is 0.223 e. The first kappa shape index (κ1) is 13.8. The molecule has 0 bridgehead atoms. The zero-order chi connectivity index (χ0) is 14.5. The fraction of sp³-hybridized carbons (Fsp3) is 0.500. The van der Waals surface area contributed by atoms with Crippen LogP contribution in [0.25, 0.3) is 11.3 Å². The van der Waals surface area contributed by atoms with Gasteiger partial charge in [0.05, 0.1) is 23.6 Å². The number of nitrogens with two attached hydrogens (primary N) is 1. The van der Waals surface area contributed by atoms with Gasteiger partial charge in [0, 0.05) is 19.3 Å². The van der Waals surface area contributed by atoms with Crippen LogP contribution in [0.2, 0.25) is 0 Å². The molecule has 1 aliphatic heterocycles. The average Bonchev–Trinajstić information content (AvgIpc) is 2.95. The van der Waals surface area contributed by atoms with Gasteiger partial charge in [-0.25, -0.2) is 9.97 Å². The van der Waals surface area contributed by atoms with E-state index in [-0.39, 0.29) is 0 Å². The summed E-state index contributed by atoms with van der Waals surface area (Å²) in [6.07, 6.45) is 8.30. The summed E-state index contributed by atoms with van der Waals surface area (Å²) < 4.78 is 5.70. The Morgan fingerprint density at radius 2 is 2.38 bits per heavy atom. The van der Waals surface area contributed by atoms with E-state index in [1.807, 2.05) is 6.07 Å². The van der Waals surface area contributed by atoms with E-state index in [0.29, 0.717) is 17.9 Å². The first-order valence-electron chi connectivity index (χ1n) is 7.30. The number of nitrogens with zero attached hydrogens (tertiary/aromatic N) is 3. The van der Waals surface area contributed by atoms with E-state index >= 15 is 0 Å². The largest absolute Gasteiger partial charge is 0.384 e. The molecule has 7 nitrogen and oxygen atoms in total. The molecule has 21 heavy (non-hydrogen) atoms. The maximum Gasteiger partial charge on any atom is 0.223 e. The van der Waals surface area contributed by atoms with Gasteiger partial charge in [-0.1, -0.05) is 0 Å². The highest BCUT2D eigenvalue weighted by molar-refractivity contribution is 5.70. The van der Waals surface area contributed by atoms with Crippen LogP contribution in [-0.2, 0) is 4.74 Å². The Bertz CT molecular complexity index is 578. The average molecular weight is 288 g/mol. The lowest BCUT2D eigenvalue weighted by Crippen LogP contribution is -2.22. The summed E-state index contributed by atoms with van der Waals surface area (Å²) in [5, 5.41) is 9.85. The number of hydrogen-bond acceptors (Lipinski definition) is 6. The second-order valence-corrected chi connectivity index (χ2v) is 5.17. The molecule has 1 saturated heterocycles. The summed E-state index contributed by atoms with van der Waals surface area (Å²) >= 11 is 0. The first-order valence-corrected chi connectivity index (χ1v) is 7.30. The van der Waals surface area contributed by atoms with Crippen molar-refractivity contribution in [3.8, 4) is 11.3 Å². The Morgan fingerprint density at radius 3 is 3.14 bits per heavy atom. The predicted molar refractivity (Wildman–Crippen MR) is 80.7 cm³/mol. The zero-order valence-corrected chi connectivity index (χ0v) is 11.9. The number of rotatable bonds is 5. The van der Waals surface area contributed by atoms with Crippen molar-refractivity contribution in [2.24, 2.45) is 0 Å². The van der Waals surface area contributed by atoms with Crippen LogP contribution in [0.1, 0.15) is 25.7 Å². The van der Waals surface area contributed by atoms with Crippen molar-refractivity contribution >= 4 is 11.8 Å². The van der Waals surface area contributed by atoms with Crippen LogP contribution >= 0.6 is 0 Å². The number of H-pyrrole nitrogens is 1. The van der Waals surface area contributed by atoms with E-state index < -0.39 is 0 Å². The molecule has 112 valence electrons. The molecule has 2 aromatic heterocycles. The summed E-state index contributed by atoms with van der Waals surface area (Å²) in [5.74, 6) is 1.11. The van der Waals surface area contributed by atoms with Gasteiger partial charge in [-0.2, -0.15) is 5.10 Å². The van der Waals surface area contributed by atoms with Crippen molar-refractivity contribution in [1.82, 2.24) is 20.2 Å². The standard InChI is InChI=1S/C14H20N6O/c15-13-11(9-18-20-13)12-5-7-17-14(19-12)16-6-4-10-3-1-2-8-21-10/h5,7,9-10H,1-4,6,8H2,(H3,15,18,20)(H,16,17,19). The van der Waals surface area contributed by atoms with Crippen LogP contribution in [0.15, 0.2) is 18.5 Å². The number of nitrogen functional groups attached to an aromatic ring is 1. The lowest BCUT2D eigenvalue weighted by Gasteiger charge is -2.22. The summed E-state index contributed by atoms with van der Waals surface area (Å²) in [7, 11) is 0. The van der Waals surface area contributed by atoms with Crippen LogP contribution < -0.4 is 11.1 Å². The second-order valence-electron chi connectivity index (χ2n) is 5.17. The molecular weight excluding hydrogens is 268 g/mol. The van der Waals surface area contributed by atoms with Gasteiger partial charge in [0.2, 0.25) is 5.95 Å². The zero-order valence-electron chi connectivity index (χ0n) is 11.9. The summed E-state index contributed by atoms with van der Waals surface area (Å²) in [5.41, 5.74) is 7.35. The van der Waals surface area contributed by atoms with Crippen molar-refractivity contribution in [1.29, 1.82) is 0 Å². The highest BCUT2D eigenvalue weighted by Crippen LogP contribution is 2.21.